The van der Waals surface area contributed by atoms with Crippen molar-refractivity contribution in [3.63, 3.8) is 0 Å². The molecule has 0 bridgehead atoms. The van der Waals surface area contributed by atoms with Crippen molar-refractivity contribution >= 4 is 29.9 Å². The lowest BCUT2D eigenvalue weighted by atomic mass is 9.78. The second-order valence-electron chi connectivity index (χ2n) is 7.95. The predicted octanol–water partition coefficient (Wildman–Crippen LogP) is 4.07. The third-order valence-electron chi connectivity index (χ3n) is 4.65. The molecule has 27 heavy (non-hydrogen) atoms. The number of ether oxygens (including phenoxy) is 1. The lowest BCUT2D eigenvalue weighted by Gasteiger charge is -2.40. The number of rotatable bonds is 5. The molecule has 0 radical (unpaired) electrons. The van der Waals surface area contributed by atoms with E-state index in [0.29, 0.717) is 18.0 Å². The Morgan fingerprint density at radius 2 is 2.11 bits per heavy atom. The molecule has 6 heteroatoms. The molecule has 1 aliphatic rings. The number of aliphatic imine (C=N–C) groups is 1. The van der Waals surface area contributed by atoms with Crippen molar-refractivity contribution in [2.75, 3.05) is 19.7 Å². The van der Waals surface area contributed by atoms with Gasteiger partial charge < -0.3 is 15.4 Å². The molecule has 1 aliphatic heterocycles. The van der Waals surface area contributed by atoms with Crippen molar-refractivity contribution in [2.24, 2.45) is 16.3 Å². The summed E-state index contributed by atoms with van der Waals surface area (Å²) in [5.41, 5.74) is 1.85. The summed E-state index contributed by atoms with van der Waals surface area (Å²) < 4.78 is 6.07. The number of hydrogen-bond acceptors (Lipinski definition) is 3. The highest BCUT2D eigenvalue weighted by atomic mass is 127. The van der Waals surface area contributed by atoms with E-state index in [2.05, 4.69) is 49.4 Å². The van der Waals surface area contributed by atoms with Crippen LogP contribution < -0.4 is 10.6 Å². The highest BCUT2D eigenvalue weighted by molar-refractivity contribution is 14.0. The van der Waals surface area contributed by atoms with Crippen LogP contribution in [0.15, 0.2) is 29.3 Å². The molecule has 1 aromatic carbocycles. The minimum absolute atomic E-state index is 0. The van der Waals surface area contributed by atoms with E-state index in [4.69, 9.17) is 10.00 Å². The van der Waals surface area contributed by atoms with Crippen LogP contribution in [0.4, 0.5) is 0 Å². The summed E-state index contributed by atoms with van der Waals surface area (Å²) in [6.45, 7) is 11.9. The van der Waals surface area contributed by atoms with Crippen LogP contribution in [0.5, 0.6) is 0 Å². The third-order valence-corrected chi connectivity index (χ3v) is 4.65. The van der Waals surface area contributed by atoms with E-state index in [1.807, 2.05) is 24.3 Å². The maximum absolute atomic E-state index is 9.02. The summed E-state index contributed by atoms with van der Waals surface area (Å²) >= 11 is 0. The highest BCUT2D eigenvalue weighted by Gasteiger charge is 2.35. The van der Waals surface area contributed by atoms with Gasteiger partial charge in [-0.3, -0.25) is 0 Å². The smallest absolute Gasteiger partial charge is 0.191 e. The molecule has 150 valence electrons. The molecule has 0 saturated carbocycles. The monoisotopic (exact) mass is 484 g/mol. The summed E-state index contributed by atoms with van der Waals surface area (Å²) in [5.74, 6) is 1.29. The first-order valence-corrected chi connectivity index (χ1v) is 9.57. The van der Waals surface area contributed by atoms with Crippen LogP contribution in [-0.2, 0) is 11.3 Å². The SMILES string of the molecule is CCNC(=NCc1cccc(C#N)c1)NCC1CCCOC1C(C)(C)C.I. The minimum Gasteiger partial charge on any atom is -0.377 e. The lowest BCUT2D eigenvalue weighted by Crippen LogP contribution is -2.47. The molecule has 1 saturated heterocycles. The molecule has 0 spiro atoms. The summed E-state index contributed by atoms with van der Waals surface area (Å²) in [4.78, 5) is 4.67. The van der Waals surface area contributed by atoms with Crippen LogP contribution in [0.3, 0.4) is 0 Å². The van der Waals surface area contributed by atoms with Gasteiger partial charge in [-0.05, 0) is 42.9 Å². The summed E-state index contributed by atoms with van der Waals surface area (Å²) in [5, 5.41) is 15.8. The first-order valence-electron chi connectivity index (χ1n) is 9.57. The zero-order valence-corrected chi connectivity index (χ0v) is 19.2. The summed E-state index contributed by atoms with van der Waals surface area (Å²) in [6, 6.07) is 9.77. The van der Waals surface area contributed by atoms with Crippen LogP contribution in [-0.4, -0.2) is 31.8 Å². The molecule has 1 heterocycles. The fourth-order valence-corrected chi connectivity index (χ4v) is 3.49. The van der Waals surface area contributed by atoms with Gasteiger partial charge in [-0.15, -0.1) is 24.0 Å². The van der Waals surface area contributed by atoms with Crippen LogP contribution in [0.25, 0.3) is 0 Å². The molecule has 2 N–H and O–H groups in total. The van der Waals surface area contributed by atoms with Crippen LogP contribution >= 0.6 is 24.0 Å². The van der Waals surface area contributed by atoms with Gasteiger partial charge in [-0.2, -0.15) is 5.26 Å². The molecule has 0 aromatic heterocycles. The molecule has 5 nitrogen and oxygen atoms in total. The zero-order chi connectivity index (χ0) is 19.0. The molecule has 0 amide bonds. The normalized spacial score (nSPS) is 20.3. The predicted molar refractivity (Wildman–Crippen MR) is 121 cm³/mol. The topological polar surface area (TPSA) is 69.4 Å². The number of nitriles is 1. The van der Waals surface area contributed by atoms with Gasteiger partial charge in [0.2, 0.25) is 0 Å². The highest BCUT2D eigenvalue weighted by Crippen LogP contribution is 2.33. The second-order valence-corrected chi connectivity index (χ2v) is 7.95. The lowest BCUT2D eigenvalue weighted by molar-refractivity contribution is -0.0835. The minimum atomic E-state index is 0. The van der Waals surface area contributed by atoms with E-state index in [1.165, 1.54) is 6.42 Å². The molecule has 1 aromatic rings. The van der Waals surface area contributed by atoms with Gasteiger partial charge in [0.25, 0.3) is 0 Å². The van der Waals surface area contributed by atoms with E-state index in [9.17, 15) is 0 Å². The number of hydrogen-bond donors (Lipinski definition) is 2. The van der Waals surface area contributed by atoms with Crippen LogP contribution in [0, 0.1) is 22.7 Å². The molecule has 2 rings (SSSR count). The fraction of sp³-hybridized carbons (Fsp3) is 0.619. The molecule has 2 atom stereocenters. The van der Waals surface area contributed by atoms with Crippen molar-refractivity contribution < 1.29 is 4.74 Å². The third kappa shape index (κ3) is 7.67. The van der Waals surface area contributed by atoms with Crippen LogP contribution in [0.2, 0.25) is 0 Å². The van der Waals surface area contributed by atoms with Gasteiger partial charge in [0.05, 0.1) is 24.3 Å². The number of nitrogens with one attached hydrogen (secondary N) is 2. The average molecular weight is 484 g/mol. The molecule has 2 unspecified atom stereocenters. The Morgan fingerprint density at radius 3 is 2.78 bits per heavy atom. The van der Waals surface area contributed by atoms with Gasteiger partial charge in [-0.1, -0.05) is 32.9 Å². The maximum atomic E-state index is 9.02. The molecular formula is C21H33IN4O. The van der Waals surface area contributed by atoms with Gasteiger partial charge in [0.15, 0.2) is 5.96 Å². The van der Waals surface area contributed by atoms with Gasteiger partial charge >= 0.3 is 0 Å². The second kappa shape index (κ2) is 11.5. The first-order chi connectivity index (χ1) is 12.4. The summed E-state index contributed by atoms with van der Waals surface area (Å²) in [6.07, 6.45) is 2.56. The Labute approximate surface area is 181 Å². The van der Waals surface area contributed by atoms with E-state index in [1.54, 1.807) is 0 Å². The Balaban J connectivity index is 0.00000364. The van der Waals surface area contributed by atoms with Gasteiger partial charge in [-0.25, -0.2) is 4.99 Å². The van der Waals surface area contributed by atoms with E-state index in [-0.39, 0.29) is 35.5 Å². The standard InChI is InChI=1S/C21H32N4O.HI/c1-5-23-20(24-14-17-9-6-8-16(12-17)13-22)25-15-18-10-7-11-26-19(18)21(2,3)4;/h6,8-9,12,18-19H,5,7,10-11,14-15H2,1-4H3,(H2,23,24,25);1H. The first kappa shape index (κ1) is 23.7. The van der Waals surface area contributed by atoms with Crippen molar-refractivity contribution in [2.45, 2.75) is 53.2 Å². The maximum Gasteiger partial charge on any atom is 0.191 e. The van der Waals surface area contributed by atoms with E-state index < -0.39 is 0 Å². The van der Waals surface area contributed by atoms with Crippen molar-refractivity contribution in [1.82, 2.24) is 10.6 Å². The van der Waals surface area contributed by atoms with Crippen LogP contribution in [0.1, 0.15) is 51.7 Å². The Hall–Kier alpha value is -1.33. The Bertz CT molecular complexity index is 648. The Morgan fingerprint density at radius 1 is 1.33 bits per heavy atom. The number of guanidine groups is 1. The number of nitrogens with zero attached hydrogens (tertiary/aromatic N) is 2. The Kier molecular flexibility index (Phi) is 10.1. The quantitative estimate of drug-likeness (QED) is 0.376. The number of benzene rings is 1. The zero-order valence-electron chi connectivity index (χ0n) is 16.9. The summed E-state index contributed by atoms with van der Waals surface area (Å²) in [7, 11) is 0. The van der Waals surface area contributed by atoms with Gasteiger partial charge in [0, 0.05) is 25.6 Å². The van der Waals surface area contributed by atoms with Crippen molar-refractivity contribution in [1.29, 1.82) is 5.26 Å². The van der Waals surface area contributed by atoms with Crippen molar-refractivity contribution in [3.8, 4) is 6.07 Å². The van der Waals surface area contributed by atoms with E-state index in [0.717, 1.165) is 37.6 Å². The fourth-order valence-electron chi connectivity index (χ4n) is 3.49. The van der Waals surface area contributed by atoms with E-state index >= 15 is 0 Å². The molecular weight excluding hydrogens is 451 g/mol. The average Bonchev–Trinajstić information content (AvgIpc) is 2.63. The van der Waals surface area contributed by atoms with Gasteiger partial charge in [0.1, 0.15) is 0 Å². The largest absolute Gasteiger partial charge is 0.377 e. The van der Waals surface area contributed by atoms with Crippen molar-refractivity contribution in [3.05, 3.63) is 35.4 Å². The molecule has 0 aliphatic carbocycles. The molecule has 1 fully saturated rings. The number of halogens is 1.